The van der Waals surface area contributed by atoms with E-state index in [9.17, 15) is 29.8 Å². The molecule has 1 aromatic carbocycles. The van der Waals surface area contributed by atoms with Crippen molar-refractivity contribution in [3.63, 3.8) is 0 Å². The number of hydrogen-bond acceptors (Lipinski definition) is 7. The third-order valence-electron chi connectivity index (χ3n) is 4.70. The first-order valence-electron chi connectivity index (χ1n) is 8.16. The number of benzene rings is 1. The van der Waals surface area contributed by atoms with Gasteiger partial charge in [0.25, 0.3) is 5.69 Å². The summed E-state index contributed by atoms with van der Waals surface area (Å²) in [6.45, 7) is 0. The summed E-state index contributed by atoms with van der Waals surface area (Å²) in [4.78, 5) is 49.7. The summed E-state index contributed by atoms with van der Waals surface area (Å²) in [5.74, 6) is 0.512. The van der Waals surface area contributed by atoms with E-state index in [1.807, 2.05) is 0 Å². The van der Waals surface area contributed by atoms with Crippen LogP contribution in [-0.2, 0) is 34.0 Å². The Balaban J connectivity index is 2.05. The van der Waals surface area contributed by atoms with Crippen molar-refractivity contribution in [1.29, 1.82) is 0 Å². The van der Waals surface area contributed by atoms with Crippen LogP contribution in [0.25, 0.3) is 11.0 Å². The maximum absolute atomic E-state index is 12.1. The highest BCUT2D eigenvalue weighted by Crippen LogP contribution is 2.22. The second-order valence-electron chi connectivity index (χ2n) is 6.28. The Morgan fingerprint density at radius 3 is 2.25 bits per heavy atom. The van der Waals surface area contributed by atoms with E-state index in [2.05, 4.69) is 4.98 Å². The van der Waals surface area contributed by atoms with Gasteiger partial charge < -0.3 is 4.57 Å². The summed E-state index contributed by atoms with van der Waals surface area (Å²) >= 11 is 0. The Morgan fingerprint density at radius 2 is 1.64 bits per heavy atom. The Morgan fingerprint density at radius 1 is 0.964 bits per heavy atom. The van der Waals surface area contributed by atoms with Crippen LogP contribution in [0.15, 0.2) is 27.8 Å². The van der Waals surface area contributed by atoms with E-state index in [1.165, 1.54) is 32.3 Å². The van der Waals surface area contributed by atoms with Crippen molar-refractivity contribution < 1.29 is 9.85 Å². The molecule has 12 nitrogen and oxygen atoms in total. The summed E-state index contributed by atoms with van der Waals surface area (Å²) in [6.07, 6.45) is 0.220. The molecule has 12 heteroatoms. The molecule has 0 atom stereocenters. The molecule has 0 aliphatic rings. The van der Waals surface area contributed by atoms with Crippen LogP contribution in [0.4, 0.5) is 11.4 Å². The zero-order valence-corrected chi connectivity index (χ0v) is 15.3. The van der Waals surface area contributed by atoms with Crippen LogP contribution in [0, 0.1) is 20.2 Å². The number of nitro groups is 2. The van der Waals surface area contributed by atoms with Gasteiger partial charge in [-0.2, -0.15) is 0 Å². The molecule has 28 heavy (non-hydrogen) atoms. The van der Waals surface area contributed by atoms with Crippen LogP contribution in [0.2, 0.25) is 0 Å². The average Bonchev–Trinajstić information content (AvgIpc) is 2.96. The molecule has 0 N–H and O–H groups in total. The van der Waals surface area contributed by atoms with Crippen LogP contribution in [0.5, 0.6) is 0 Å². The fraction of sp³-hybridized carbons (Fsp3) is 0.312. The molecule has 0 spiro atoms. The highest BCUT2D eigenvalue weighted by Gasteiger charge is 2.25. The van der Waals surface area contributed by atoms with Crippen LogP contribution in [0.3, 0.4) is 0 Å². The fourth-order valence-electron chi connectivity index (χ4n) is 3.13. The molecule has 0 saturated carbocycles. The number of non-ortho nitro benzene ring substituents is 1. The van der Waals surface area contributed by atoms with Crippen molar-refractivity contribution in [2.24, 2.45) is 21.1 Å². The standard InChI is InChI=1S/C16H16N6O6/c1-18-12-8-9(21(25)26)4-5-10(12)17-13(18)7-6-11-14(22(27)28)15(23)20(3)16(24)19(11)2/h4-5,8H,6-7H2,1-3H3. The van der Waals surface area contributed by atoms with E-state index >= 15 is 0 Å². The Kier molecular flexibility index (Phi) is 4.55. The van der Waals surface area contributed by atoms with Crippen LogP contribution in [0.1, 0.15) is 11.5 Å². The zero-order valence-electron chi connectivity index (χ0n) is 15.3. The van der Waals surface area contributed by atoms with Crippen LogP contribution < -0.4 is 11.2 Å². The molecule has 0 bridgehead atoms. The quantitative estimate of drug-likeness (QED) is 0.458. The molecule has 0 unspecified atom stereocenters. The van der Waals surface area contributed by atoms with Gasteiger partial charge in [-0.15, -0.1) is 0 Å². The van der Waals surface area contributed by atoms with Crippen LogP contribution in [-0.4, -0.2) is 28.5 Å². The zero-order chi connectivity index (χ0) is 20.7. The molecule has 2 heterocycles. The number of nitrogens with zero attached hydrogens (tertiary/aromatic N) is 6. The number of aromatic nitrogens is 4. The summed E-state index contributed by atoms with van der Waals surface area (Å²) in [7, 11) is 4.22. The Bertz CT molecular complexity index is 1250. The number of rotatable bonds is 5. The lowest BCUT2D eigenvalue weighted by Crippen LogP contribution is -2.40. The van der Waals surface area contributed by atoms with Crippen LogP contribution >= 0.6 is 0 Å². The number of imidazole rings is 1. The molecule has 0 amide bonds. The van der Waals surface area contributed by atoms with Crippen molar-refractivity contribution in [2.45, 2.75) is 12.8 Å². The molecular weight excluding hydrogens is 372 g/mol. The SMILES string of the molecule is Cn1c(CCc2nc3ccc([N+](=O)[O-])cc3n2C)c([N+](=O)[O-])c(=O)n(C)c1=O. The van der Waals surface area contributed by atoms with Crippen molar-refractivity contribution >= 4 is 22.4 Å². The van der Waals surface area contributed by atoms with Crippen molar-refractivity contribution in [1.82, 2.24) is 18.7 Å². The molecule has 0 radical (unpaired) electrons. The van der Waals surface area contributed by atoms with Gasteiger partial charge in [-0.1, -0.05) is 0 Å². The predicted molar refractivity (Wildman–Crippen MR) is 98.4 cm³/mol. The highest BCUT2D eigenvalue weighted by molar-refractivity contribution is 5.78. The van der Waals surface area contributed by atoms with E-state index in [-0.39, 0.29) is 24.2 Å². The summed E-state index contributed by atoms with van der Waals surface area (Å²) in [6, 6.07) is 4.25. The minimum absolute atomic E-state index is 0.00358. The van der Waals surface area contributed by atoms with E-state index in [1.54, 1.807) is 11.6 Å². The van der Waals surface area contributed by atoms with Gasteiger partial charge in [-0.25, -0.2) is 9.78 Å². The molecule has 3 rings (SSSR count). The van der Waals surface area contributed by atoms with Crippen molar-refractivity contribution in [2.75, 3.05) is 0 Å². The lowest BCUT2D eigenvalue weighted by atomic mass is 10.2. The lowest BCUT2D eigenvalue weighted by Gasteiger charge is -2.10. The van der Waals surface area contributed by atoms with Gasteiger partial charge in [0.1, 0.15) is 11.5 Å². The third kappa shape index (κ3) is 2.94. The fourth-order valence-corrected chi connectivity index (χ4v) is 3.13. The lowest BCUT2D eigenvalue weighted by molar-refractivity contribution is -0.387. The number of nitro benzene ring substituents is 1. The first-order valence-corrected chi connectivity index (χ1v) is 8.16. The molecule has 3 aromatic rings. The van der Waals surface area contributed by atoms with E-state index < -0.39 is 26.8 Å². The summed E-state index contributed by atoms with van der Waals surface area (Å²) < 4.78 is 3.41. The van der Waals surface area contributed by atoms with Gasteiger partial charge in [0.05, 0.1) is 20.9 Å². The minimum Gasteiger partial charge on any atom is -0.331 e. The highest BCUT2D eigenvalue weighted by atomic mass is 16.6. The monoisotopic (exact) mass is 388 g/mol. The van der Waals surface area contributed by atoms with Gasteiger partial charge in [-0.05, 0) is 6.07 Å². The van der Waals surface area contributed by atoms with Gasteiger partial charge in [0, 0.05) is 46.1 Å². The topological polar surface area (TPSA) is 148 Å². The van der Waals surface area contributed by atoms with Gasteiger partial charge in [-0.3, -0.25) is 34.2 Å². The second kappa shape index (κ2) is 6.72. The second-order valence-corrected chi connectivity index (χ2v) is 6.28. The molecule has 0 saturated heterocycles. The predicted octanol–water partition coefficient (Wildman–Crippen LogP) is 0.572. The molecular formula is C16H16N6O6. The van der Waals surface area contributed by atoms with Gasteiger partial charge >= 0.3 is 16.9 Å². The van der Waals surface area contributed by atoms with E-state index in [0.717, 1.165) is 4.57 Å². The number of fused-ring (bicyclic) bond motifs is 1. The normalized spacial score (nSPS) is 11.1. The summed E-state index contributed by atoms with van der Waals surface area (Å²) in [5, 5.41) is 22.3. The molecule has 0 aliphatic heterocycles. The number of aryl methyl sites for hydroxylation is 2. The minimum atomic E-state index is -0.969. The maximum atomic E-state index is 12.1. The maximum Gasteiger partial charge on any atom is 0.353 e. The first kappa shape index (κ1) is 18.9. The number of hydrogen-bond donors (Lipinski definition) is 0. The summed E-state index contributed by atoms with van der Waals surface area (Å²) in [5.41, 5.74) is -1.29. The molecule has 146 valence electrons. The smallest absolute Gasteiger partial charge is 0.331 e. The van der Waals surface area contributed by atoms with Crippen molar-refractivity contribution in [3.8, 4) is 0 Å². The van der Waals surface area contributed by atoms with Gasteiger partial charge in [0.2, 0.25) is 0 Å². The van der Waals surface area contributed by atoms with Gasteiger partial charge in [0.15, 0.2) is 0 Å². The molecule has 0 fully saturated rings. The molecule has 2 aromatic heterocycles. The van der Waals surface area contributed by atoms with Crippen molar-refractivity contribution in [3.05, 3.63) is 70.8 Å². The Labute approximate surface area is 156 Å². The average molecular weight is 388 g/mol. The third-order valence-corrected chi connectivity index (χ3v) is 4.70. The van der Waals surface area contributed by atoms with E-state index in [4.69, 9.17) is 0 Å². The first-order chi connectivity index (χ1) is 13.1. The largest absolute Gasteiger partial charge is 0.353 e. The molecule has 0 aliphatic carbocycles. The Hall–Kier alpha value is -3.83. The van der Waals surface area contributed by atoms with E-state index in [0.29, 0.717) is 21.4 Å².